The summed E-state index contributed by atoms with van der Waals surface area (Å²) in [4.78, 5) is 25.8. The molecule has 1 unspecified atom stereocenters. The quantitative estimate of drug-likeness (QED) is 0.223. The van der Waals surface area contributed by atoms with Gasteiger partial charge in [-0.2, -0.15) is 14.7 Å². The molecular formula is C26H26Cl2N4O2S2. The maximum Gasteiger partial charge on any atom is 0.373 e. The average molecular weight is 562 g/mol. The lowest BCUT2D eigenvalue weighted by Crippen LogP contribution is -1.98. The molecule has 0 spiro atoms. The number of hydrogen-bond donors (Lipinski definition) is 0. The molecule has 0 fully saturated rings. The van der Waals surface area contributed by atoms with Crippen molar-refractivity contribution in [2.75, 3.05) is 0 Å². The van der Waals surface area contributed by atoms with Crippen molar-refractivity contribution in [1.29, 1.82) is 0 Å². The van der Waals surface area contributed by atoms with Crippen LogP contribution in [-0.2, 0) is 9.59 Å². The van der Waals surface area contributed by atoms with Crippen LogP contribution in [0.1, 0.15) is 43.0 Å². The molecule has 4 rings (SSSR count). The van der Waals surface area contributed by atoms with Crippen LogP contribution in [0.3, 0.4) is 0 Å². The van der Waals surface area contributed by atoms with Crippen molar-refractivity contribution >= 4 is 52.5 Å². The predicted molar refractivity (Wildman–Crippen MR) is 147 cm³/mol. The second-order valence-electron chi connectivity index (χ2n) is 8.28. The monoisotopic (exact) mass is 560 g/mol. The minimum atomic E-state index is 0.250. The Hall–Kier alpha value is -2.48. The summed E-state index contributed by atoms with van der Waals surface area (Å²) in [5.74, 6) is 0. The smallest absolute Gasteiger partial charge is 0.258 e. The van der Waals surface area contributed by atoms with E-state index in [0.717, 1.165) is 60.9 Å². The Morgan fingerprint density at radius 1 is 1.00 bits per heavy atom. The first-order valence-electron chi connectivity index (χ1n) is 11.2. The van der Waals surface area contributed by atoms with E-state index in [0.29, 0.717) is 15.3 Å². The minimum Gasteiger partial charge on any atom is -0.258 e. The molecule has 1 aromatic carbocycles. The highest BCUT2D eigenvalue weighted by molar-refractivity contribution is 8.01. The molecular weight excluding hydrogens is 535 g/mol. The molecule has 4 aromatic rings. The van der Waals surface area contributed by atoms with E-state index < -0.39 is 0 Å². The molecule has 6 nitrogen and oxygen atoms in total. The normalized spacial score (nSPS) is 11.6. The summed E-state index contributed by atoms with van der Waals surface area (Å²) < 4.78 is 3.12. The van der Waals surface area contributed by atoms with Crippen LogP contribution in [0.25, 0.3) is 27.5 Å². The third kappa shape index (κ3) is 6.25. The van der Waals surface area contributed by atoms with Crippen molar-refractivity contribution < 1.29 is 9.59 Å². The van der Waals surface area contributed by atoms with Crippen molar-refractivity contribution in [2.45, 2.75) is 57.4 Å². The number of aromatic nitrogens is 4. The lowest BCUT2D eigenvalue weighted by atomic mass is 10.0. The van der Waals surface area contributed by atoms with Gasteiger partial charge in [0.15, 0.2) is 0 Å². The van der Waals surface area contributed by atoms with Crippen LogP contribution >= 0.6 is 46.3 Å². The van der Waals surface area contributed by atoms with E-state index in [-0.39, 0.29) is 6.15 Å². The maximum absolute atomic E-state index is 8.12. The Labute approximate surface area is 229 Å². The first-order chi connectivity index (χ1) is 17.1. The Balaban J connectivity index is 0.00000115. The number of benzene rings is 1. The molecule has 0 aliphatic rings. The van der Waals surface area contributed by atoms with E-state index in [1.54, 1.807) is 11.3 Å². The van der Waals surface area contributed by atoms with E-state index >= 15 is 0 Å². The van der Waals surface area contributed by atoms with Gasteiger partial charge in [-0.25, -0.2) is 9.67 Å². The number of halogens is 2. The van der Waals surface area contributed by atoms with Gasteiger partial charge in [-0.05, 0) is 63.9 Å². The highest BCUT2D eigenvalue weighted by Gasteiger charge is 2.22. The molecule has 3 aromatic heterocycles. The Morgan fingerprint density at radius 3 is 2.22 bits per heavy atom. The molecule has 0 saturated heterocycles. The van der Waals surface area contributed by atoms with Crippen LogP contribution in [0, 0.1) is 27.7 Å². The fourth-order valence-electron chi connectivity index (χ4n) is 3.78. The van der Waals surface area contributed by atoms with E-state index in [4.69, 9.17) is 42.9 Å². The van der Waals surface area contributed by atoms with Crippen molar-refractivity contribution in [3.05, 3.63) is 63.2 Å². The largest absolute Gasteiger partial charge is 0.373 e. The van der Waals surface area contributed by atoms with Crippen LogP contribution in [0.4, 0.5) is 0 Å². The number of pyridine rings is 1. The molecule has 0 saturated carbocycles. The van der Waals surface area contributed by atoms with Gasteiger partial charge in [0.2, 0.25) is 5.13 Å². The third-order valence-electron chi connectivity index (χ3n) is 5.50. The topological polar surface area (TPSA) is 77.7 Å². The molecule has 1 atom stereocenters. The molecule has 36 heavy (non-hydrogen) atoms. The number of nitrogens with zero attached hydrogens (tertiary/aromatic N) is 4. The van der Waals surface area contributed by atoms with Crippen LogP contribution in [0.2, 0.25) is 10.0 Å². The van der Waals surface area contributed by atoms with Gasteiger partial charge >= 0.3 is 6.15 Å². The zero-order chi connectivity index (χ0) is 26.6. The van der Waals surface area contributed by atoms with Crippen LogP contribution < -0.4 is 0 Å². The lowest BCUT2D eigenvalue weighted by molar-refractivity contribution is -0.191. The Kier molecular flexibility index (Phi) is 9.50. The Bertz CT molecular complexity index is 1410. The van der Waals surface area contributed by atoms with Gasteiger partial charge in [0.25, 0.3) is 0 Å². The summed E-state index contributed by atoms with van der Waals surface area (Å²) in [7, 11) is 0. The second-order valence-corrected chi connectivity index (χ2v) is 11.8. The number of thiazole rings is 1. The molecule has 0 radical (unpaired) electrons. The standard InChI is InChI=1S/C25H26Cl2N4S2.CO2/c1-7-15(4)32-24-23(18-8-9-20(26)21(27)12-18)29-25(33-24)31-17(6)22(16(5)30-31)19-10-13(2)28-14(3)11-19;2-1-3/h8-12,15H,7H2,1-6H3;. The minimum absolute atomic E-state index is 0.250. The first-order valence-corrected chi connectivity index (χ1v) is 13.7. The predicted octanol–water partition coefficient (Wildman–Crippen LogP) is 7.91. The molecule has 0 aliphatic carbocycles. The van der Waals surface area contributed by atoms with Crippen molar-refractivity contribution in [3.63, 3.8) is 0 Å². The fraction of sp³-hybridized carbons (Fsp3) is 0.308. The SMILES string of the molecule is CCC(C)Sc1sc(-n2nc(C)c(-c3cc(C)nc(C)c3)c2C)nc1-c1ccc(Cl)c(Cl)c1.O=C=O. The molecule has 0 aliphatic heterocycles. The van der Waals surface area contributed by atoms with E-state index in [9.17, 15) is 0 Å². The Morgan fingerprint density at radius 2 is 1.64 bits per heavy atom. The van der Waals surface area contributed by atoms with Crippen LogP contribution in [-0.4, -0.2) is 31.1 Å². The summed E-state index contributed by atoms with van der Waals surface area (Å²) >= 11 is 16.0. The number of thioether (sulfide) groups is 1. The van der Waals surface area contributed by atoms with Crippen molar-refractivity contribution in [1.82, 2.24) is 19.7 Å². The molecule has 10 heteroatoms. The number of aryl methyl sites for hydroxylation is 3. The first kappa shape index (κ1) is 28.1. The van der Waals surface area contributed by atoms with Gasteiger partial charge in [0.1, 0.15) is 0 Å². The van der Waals surface area contributed by atoms with Gasteiger partial charge in [0, 0.05) is 27.8 Å². The summed E-state index contributed by atoms with van der Waals surface area (Å²) in [6.07, 6.45) is 1.32. The second kappa shape index (κ2) is 12.2. The zero-order valence-electron chi connectivity index (χ0n) is 20.8. The lowest BCUT2D eigenvalue weighted by Gasteiger charge is -2.08. The average Bonchev–Trinajstić information content (AvgIpc) is 3.35. The van der Waals surface area contributed by atoms with E-state index in [1.807, 2.05) is 55.4 Å². The maximum atomic E-state index is 8.12. The summed E-state index contributed by atoms with van der Waals surface area (Å²) in [5.41, 5.74) is 8.18. The summed E-state index contributed by atoms with van der Waals surface area (Å²) in [6.45, 7) is 12.6. The van der Waals surface area contributed by atoms with Crippen molar-refractivity contribution in [2.24, 2.45) is 0 Å². The van der Waals surface area contributed by atoms with E-state index in [1.165, 1.54) is 0 Å². The van der Waals surface area contributed by atoms with Gasteiger partial charge in [0.05, 0.1) is 31.3 Å². The number of hydrogen-bond acceptors (Lipinski definition) is 7. The molecule has 0 amide bonds. The van der Waals surface area contributed by atoms with Crippen molar-refractivity contribution in [3.8, 4) is 27.5 Å². The van der Waals surface area contributed by atoms with E-state index in [2.05, 4.69) is 37.9 Å². The van der Waals surface area contributed by atoms with Crippen LogP contribution in [0.15, 0.2) is 34.5 Å². The summed E-state index contributed by atoms with van der Waals surface area (Å²) in [5, 5.41) is 7.27. The zero-order valence-corrected chi connectivity index (χ0v) is 24.0. The van der Waals surface area contributed by atoms with Gasteiger partial charge in [-0.15, -0.1) is 11.8 Å². The molecule has 0 bridgehead atoms. The van der Waals surface area contributed by atoms with Gasteiger partial charge in [-0.3, -0.25) is 4.98 Å². The highest BCUT2D eigenvalue weighted by atomic mass is 35.5. The van der Waals surface area contributed by atoms with Gasteiger partial charge in [-0.1, -0.05) is 54.5 Å². The molecule has 188 valence electrons. The molecule has 3 heterocycles. The summed E-state index contributed by atoms with van der Waals surface area (Å²) in [6, 6.07) is 9.91. The number of rotatable bonds is 6. The fourth-order valence-corrected chi connectivity index (χ4v) is 6.62. The van der Waals surface area contributed by atoms with Gasteiger partial charge < -0.3 is 0 Å². The highest BCUT2D eigenvalue weighted by Crippen LogP contribution is 2.42. The third-order valence-corrected chi connectivity index (χ3v) is 8.75. The number of carbonyl (C=O) groups excluding carboxylic acids is 2. The molecule has 0 N–H and O–H groups in total. The van der Waals surface area contributed by atoms with Crippen LogP contribution in [0.5, 0.6) is 0 Å².